The molecule has 0 aromatic carbocycles. The number of carbonyl (C=O) groups excluding carboxylic acids is 1. The van der Waals surface area contributed by atoms with Crippen molar-refractivity contribution in [1.82, 2.24) is 10.2 Å². The number of morpholine rings is 1. The topological polar surface area (TPSA) is 41.6 Å². The first-order valence-corrected chi connectivity index (χ1v) is 6.79. The first kappa shape index (κ1) is 12.8. The number of amides is 1. The summed E-state index contributed by atoms with van der Waals surface area (Å²) >= 11 is 0. The van der Waals surface area contributed by atoms with Gasteiger partial charge in [0.15, 0.2) is 0 Å². The van der Waals surface area contributed by atoms with Crippen LogP contribution < -0.4 is 5.32 Å². The zero-order valence-electron chi connectivity index (χ0n) is 10.9. The molecule has 2 aliphatic rings. The molecule has 4 heteroatoms. The minimum absolute atomic E-state index is 0.149. The summed E-state index contributed by atoms with van der Waals surface area (Å²) in [5.74, 6) is 0.769. The van der Waals surface area contributed by atoms with Gasteiger partial charge in [-0.15, -0.1) is 0 Å². The summed E-state index contributed by atoms with van der Waals surface area (Å²) in [5.41, 5.74) is 0. The van der Waals surface area contributed by atoms with Crippen molar-refractivity contribution in [3.63, 3.8) is 0 Å². The van der Waals surface area contributed by atoms with Crippen molar-refractivity contribution in [3.8, 4) is 0 Å². The number of nitrogens with zero attached hydrogens (tertiary/aromatic N) is 1. The summed E-state index contributed by atoms with van der Waals surface area (Å²) in [6.07, 6.45) is 4.66. The van der Waals surface area contributed by atoms with E-state index in [2.05, 4.69) is 12.2 Å². The SMILES string of the molecule is CC1CCCCC1N(C)C(=O)C1CNCCO1. The van der Waals surface area contributed by atoms with Gasteiger partial charge in [0.2, 0.25) is 0 Å². The monoisotopic (exact) mass is 240 g/mol. The Bertz CT molecular complexity index is 264. The van der Waals surface area contributed by atoms with E-state index in [1.165, 1.54) is 19.3 Å². The maximum Gasteiger partial charge on any atom is 0.253 e. The van der Waals surface area contributed by atoms with Crippen LogP contribution in [0.2, 0.25) is 0 Å². The average molecular weight is 240 g/mol. The Morgan fingerprint density at radius 2 is 2.12 bits per heavy atom. The van der Waals surface area contributed by atoms with E-state index >= 15 is 0 Å². The zero-order chi connectivity index (χ0) is 12.3. The Morgan fingerprint density at radius 3 is 2.76 bits per heavy atom. The molecule has 1 aliphatic carbocycles. The Balaban J connectivity index is 1.92. The van der Waals surface area contributed by atoms with E-state index in [1.807, 2.05) is 11.9 Å². The maximum absolute atomic E-state index is 12.3. The average Bonchev–Trinajstić information content (AvgIpc) is 2.39. The summed E-state index contributed by atoms with van der Waals surface area (Å²) in [5, 5.41) is 3.21. The largest absolute Gasteiger partial charge is 0.366 e. The van der Waals surface area contributed by atoms with Crippen LogP contribution in [0.4, 0.5) is 0 Å². The lowest BCUT2D eigenvalue weighted by Crippen LogP contribution is -2.52. The number of likely N-dealkylation sites (N-methyl/N-ethyl adjacent to an activating group) is 1. The number of hydrogen-bond acceptors (Lipinski definition) is 3. The molecule has 1 saturated heterocycles. The quantitative estimate of drug-likeness (QED) is 0.783. The fourth-order valence-corrected chi connectivity index (χ4v) is 2.99. The Kier molecular flexibility index (Phi) is 4.40. The van der Waals surface area contributed by atoms with Crippen molar-refractivity contribution in [1.29, 1.82) is 0 Å². The van der Waals surface area contributed by atoms with Gasteiger partial charge in [0.1, 0.15) is 6.10 Å². The molecule has 1 heterocycles. The number of ether oxygens (including phenoxy) is 1. The molecule has 1 saturated carbocycles. The molecule has 0 aromatic rings. The lowest BCUT2D eigenvalue weighted by Gasteiger charge is -2.38. The van der Waals surface area contributed by atoms with E-state index in [0.29, 0.717) is 25.1 Å². The van der Waals surface area contributed by atoms with Crippen LogP contribution in [-0.2, 0) is 9.53 Å². The standard InChI is InChI=1S/C13H24N2O2/c1-10-5-3-4-6-11(10)15(2)13(16)12-9-14-7-8-17-12/h10-12,14H,3-9H2,1-2H3. The molecule has 1 aliphatic heterocycles. The fourth-order valence-electron chi connectivity index (χ4n) is 2.99. The minimum atomic E-state index is -0.275. The Labute approximate surface area is 104 Å². The molecular formula is C13H24N2O2. The molecule has 0 spiro atoms. The summed E-state index contributed by atoms with van der Waals surface area (Å²) in [7, 11) is 1.94. The number of rotatable bonds is 2. The third kappa shape index (κ3) is 2.99. The van der Waals surface area contributed by atoms with Crippen LogP contribution in [-0.4, -0.2) is 49.7 Å². The van der Waals surface area contributed by atoms with Gasteiger partial charge in [0, 0.05) is 26.2 Å². The van der Waals surface area contributed by atoms with Crippen molar-refractivity contribution >= 4 is 5.91 Å². The molecule has 0 aromatic heterocycles. The van der Waals surface area contributed by atoms with Gasteiger partial charge in [-0.05, 0) is 18.8 Å². The van der Waals surface area contributed by atoms with Crippen LogP contribution in [0.3, 0.4) is 0 Å². The van der Waals surface area contributed by atoms with Gasteiger partial charge in [0.25, 0.3) is 5.91 Å². The Hall–Kier alpha value is -0.610. The van der Waals surface area contributed by atoms with Crippen molar-refractivity contribution in [2.45, 2.75) is 44.8 Å². The molecule has 1 N–H and O–H groups in total. The molecule has 3 unspecified atom stereocenters. The number of carbonyl (C=O) groups is 1. The molecule has 2 fully saturated rings. The summed E-state index contributed by atoms with van der Waals surface area (Å²) in [6.45, 7) is 4.41. The van der Waals surface area contributed by atoms with E-state index in [-0.39, 0.29) is 12.0 Å². The van der Waals surface area contributed by atoms with Gasteiger partial charge in [-0.2, -0.15) is 0 Å². The number of nitrogens with one attached hydrogen (secondary N) is 1. The van der Waals surface area contributed by atoms with Gasteiger partial charge >= 0.3 is 0 Å². The molecule has 17 heavy (non-hydrogen) atoms. The molecular weight excluding hydrogens is 216 g/mol. The smallest absolute Gasteiger partial charge is 0.253 e. The molecule has 98 valence electrons. The molecule has 1 amide bonds. The van der Waals surface area contributed by atoms with E-state index < -0.39 is 0 Å². The normalized spacial score (nSPS) is 34.4. The highest BCUT2D eigenvalue weighted by Gasteiger charge is 2.32. The number of hydrogen-bond donors (Lipinski definition) is 1. The first-order chi connectivity index (χ1) is 8.20. The molecule has 2 rings (SSSR count). The second-order valence-electron chi connectivity index (χ2n) is 5.34. The van der Waals surface area contributed by atoms with Gasteiger partial charge < -0.3 is 15.0 Å². The first-order valence-electron chi connectivity index (χ1n) is 6.79. The molecule has 0 radical (unpaired) electrons. The zero-order valence-corrected chi connectivity index (χ0v) is 10.9. The molecule has 0 bridgehead atoms. The van der Waals surface area contributed by atoms with Crippen molar-refractivity contribution < 1.29 is 9.53 Å². The molecule has 3 atom stereocenters. The summed E-state index contributed by atoms with van der Waals surface area (Å²) in [6, 6.07) is 0.404. The van der Waals surface area contributed by atoms with Crippen LogP contribution in [0.25, 0.3) is 0 Å². The van der Waals surface area contributed by atoms with E-state index in [1.54, 1.807) is 0 Å². The van der Waals surface area contributed by atoms with Gasteiger partial charge in [-0.3, -0.25) is 4.79 Å². The lowest BCUT2D eigenvalue weighted by atomic mass is 9.85. The van der Waals surface area contributed by atoms with Crippen molar-refractivity contribution in [2.24, 2.45) is 5.92 Å². The van der Waals surface area contributed by atoms with Crippen LogP contribution in [0.1, 0.15) is 32.6 Å². The Morgan fingerprint density at radius 1 is 1.35 bits per heavy atom. The van der Waals surface area contributed by atoms with Crippen LogP contribution >= 0.6 is 0 Å². The van der Waals surface area contributed by atoms with Crippen molar-refractivity contribution in [3.05, 3.63) is 0 Å². The van der Waals surface area contributed by atoms with Crippen molar-refractivity contribution in [2.75, 3.05) is 26.7 Å². The summed E-state index contributed by atoms with van der Waals surface area (Å²) < 4.78 is 5.53. The van der Waals surface area contributed by atoms with E-state index in [4.69, 9.17) is 4.74 Å². The third-order valence-electron chi connectivity index (χ3n) is 4.11. The highest BCUT2D eigenvalue weighted by molar-refractivity contribution is 5.81. The second-order valence-corrected chi connectivity index (χ2v) is 5.34. The fraction of sp³-hybridized carbons (Fsp3) is 0.923. The van der Waals surface area contributed by atoms with E-state index in [9.17, 15) is 4.79 Å². The maximum atomic E-state index is 12.3. The second kappa shape index (κ2) is 5.83. The van der Waals surface area contributed by atoms with Crippen LogP contribution in [0.5, 0.6) is 0 Å². The van der Waals surface area contributed by atoms with Crippen LogP contribution in [0.15, 0.2) is 0 Å². The predicted octanol–water partition coefficient (Wildman–Crippen LogP) is 1.01. The lowest BCUT2D eigenvalue weighted by molar-refractivity contribution is -0.147. The minimum Gasteiger partial charge on any atom is -0.366 e. The van der Waals surface area contributed by atoms with Gasteiger partial charge in [-0.25, -0.2) is 0 Å². The predicted molar refractivity (Wildman–Crippen MR) is 66.8 cm³/mol. The van der Waals surface area contributed by atoms with E-state index in [0.717, 1.165) is 13.0 Å². The van der Waals surface area contributed by atoms with Gasteiger partial charge in [0.05, 0.1) is 6.61 Å². The highest BCUT2D eigenvalue weighted by Crippen LogP contribution is 2.27. The van der Waals surface area contributed by atoms with Gasteiger partial charge in [-0.1, -0.05) is 19.8 Å². The molecule has 4 nitrogen and oxygen atoms in total. The highest BCUT2D eigenvalue weighted by atomic mass is 16.5. The third-order valence-corrected chi connectivity index (χ3v) is 4.11. The van der Waals surface area contributed by atoms with Crippen LogP contribution in [0, 0.1) is 5.92 Å². The summed E-state index contributed by atoms with van der Waals surface area (Å²) in [4.78, 5) is 14.2.